The van der Waals surface area contributed by atoms with E-state index in [0.29, 0.717) is 6.42 Å². The zero-order chi connectivity index (χ0) is 16.3. The first kappa shape index (κ1) is 19.6. The van der Waals surface area contributed by atoms with Crippen LogP contribution in [-0.2, 0) is 11.2 Å². The summed E-state index contributed by atoms with van der Waals surface area (Å²) < 4.78 is 0. The van der Waals surface area contributed by atoms with E-state index in [1.54, 1.807) is 0 Å². The largest absolute Gasteiger partial charge is 0.302 e. The van der Waals surface area contributed by atoms with Gasteiger partial charge in [0.2, 0.25) is 0 Å². The Morgan fingerprint density at radius 1 is 1.29 bits per heavy atom. The van der Waals surface area contributed by atoms with Crippen LogP contribution >= 0.6 is 0 Å². The number of carbonyl (C=O) groups is 1. The van der Waals surface area contributed by atoms with E-state index < -0.39 is 0 Å². The van der Waals surface area contributed by atoms with Crippen LogP contribution in [0, 0.1) is 0 Å². The third-order valence-corrected chi connectivity index (χ3v) is 3.36. The van der Waals surface area contributed by atoms with Crippen molar-refractivity contribution in [2.24, 2.45) is 0 Å². The van der Waals surface area contributed by atoms with Gasteiger partial charge in [-0.3, -0.25) is 10.2 Å². The molecular formula is C18H30N2O. The summed E-state index contributed by atoms with van der Waals surface area (Å²) in [6.07, 6.45) is 3.54. The van der Waals surface area contributed by atoms with Crippen LogP contribution in [0.3, 0.4) is 0 Å². The average Bonchev–Trinajstić information content (AvgIpc) is 2.49. The minimum absolute atomic E-state index is 0.190. The lowest BCUT2D eigenvalue weighted by molar-refractivity contribution is -0.110. The fourth-order valence-corrected chi connectivity index (χ4v) is 1.99. The zero-order valence-electron chi connectivity index (χ0n) is 14.1. The molecule has 1 aromatic rings. The van der Waals surface area contributed by atoms with Crippen LogP contribution in [0.15, 0.2) is 43.0 Å². The summed E-state index contributed by atoms with van der Waals surface area (Å²) in [5, 5.41) is 3.39. The fraction of sp³-hybridized carbons (Fsp3) is 0.500. The summed E-state index contributed by atoms with van der Waals surface area (Å²) >= 11 is 0. The Morgan fingerprint density at radius 3 is 2.33 bits per heavy atom. The zero-order valence-corrected chi connectivity index (χ0v) is 14.1. The lowest BCUT2D eigenvalue weighted by Crippen LogP contribution is -2.57. The smallest absolute Gasteiger partial charge is 0.137 e. The quantitative estimate of drug-likeness (QED) is 0.453. The second-order valence-corrected chi connectivity index (χ2v) is 5.30. The monoisotopic (exact) mass is 290 g/mol. The highest BCUT2D eigenvalue weighted by Gasteiger charge is 2.25. The third kappa shape index (κ3) is 7.21. The number of likely N-dealkylation sites (N-methyl/N-ethyl adjacent to an activating group) is 1. The van der Waals surface area contributed by atoms with Crippen LogP contribution in [0.4, 0.5) is 0 Å². The molecule has 0 radical (unpaired) electrons. The molecule has 1 rings (SSSR count). The Morgan fingerprint density at radius 2 is 1.86 bits per heavy atom. The molecule has 1 aromatic carbocycles. The Kier molecular flexibility index (Phi) is 9.59. The highest BCUT2D eigenvalue weighted by molar-refractivity contribution is 5.58. The van der Waals surface area contributed by atoms with Gasteiger partial charge in [0.15, 0.2) is 0 Å². The summed E-state index contributed by atoms with van der Waals surface area (Å²) in [7, 11) is 2.01. The van der Waals surface area contributed by atoms with Crippen LogP contribution in [0.25, 0.3) is 0 Å². The van der Waals surface area contributed by atoms with Crippen molar-refractivity contribution in [1.82, 2.24) is 10.2 Å². The number of nitrogens with one attached hydrogen (secondary N) is 1. The SMILES string of the molecule is C=CCN(C)C(C)(C)NC(C=O)Cc1ccccc1.CC. The number of hydrogen-bond acceptors (Lipinski definition) is 3. The Labute approximate surface area is 130 Å². The molecule has 0 aliphatic heterocycles. The van der Waals surface area contributed by atoms with Crippen molar-refractivity contribution in [3.63, 3.8) is 0 Å². The average molecular weight is 290 g/mol. The molecule has 118 valence electrons. The minimum atomic E-state index is -0.255. The van der Waals surface area contributed by atoms with E-state index in [2.05, 4.69) is 30.6 Å². The maximum atomic E-state index is 11.3. The molecular weight excluding hydrogens is 260 g/mol. The molecule has 1 atom stereocenters. The molecule has 1 N–H and O–H groups in total. The molecule has 3 nitrogen and oxygen atoms in total. The van der Waals surface area contributed by atoms with Gasteiger partial charge in [-0.2, -0.15) is 0 Å². The van der Waals surface area contributed by atoms with Gasteiger partial charge >= 0.3 is 0 Å². The van der Waals surface area contributed by atoms with Crippen molar-refractivity contribution < 1.29 is 4.79 Å². The third-order valence-electron chi connectivity index (χ3n) is 3.36. The van der Waals surface area contributed by atoms with Crippen molar-refractivity contribution in [1.29, 1.82) is 0 Å². The predicted molar refractivity (Wildman–Crippen MR) is 91.4 cm³/mol. The molecule has 0 bridgehead atoms. The van der Waals surface area contributed by atoms with Crippen LogP contribution in [-0.4, -0.2) is 36.5 Å². The maximum absolute atomic E-state index is 11.3. The second-order valence-electron chi connectivity index (χ2n) is 5.30. The van der Waals surface area contributed by atoms with Gasteiger partial charge in [-0.05, 0) is 32.9 Å². The van der Waals surface area contributed by atoms with E-state index in [9.17, 15) is 4.79 Å². The van der Waals surface area contributed by atoms with E-state index in [0.717, 1.165) is 18.4 Å². The Balaban J connectivity index is 0.00000191. The van der Waals surface area contributed by atoms with Gasteiger partial charge in [0.05, 0.1) is 11.7 Å². The molecule has 1 unspecified atom stereocenters. The van der Waals surface area contributed by atoms with Crippen molar-refractivity contribution in [2.45, 2.75) is 45.8 Å². The molecule has 0 saturated carbocycles. The number of hydrogen-bond donors (Lipinski definition) is 1. The molecule has 0 amide bonds. The molecule has 21 heavy (non-hydrogen) atoms. The van der Waals surface area contributed by atoms with Crippen LogP contribution in [0.1, 0.15) is 33.3 Å². The Bertz CT molecular complexity index is 401. The van der Waals surface area contributed by atoms with Gasteiger partial charge < -0.3 is 4.79 Å². The Hall–Kier alpha value is -1.45. The molecule has 0 aliphatic rings. The number of carbonyl (C=O) groups excluding carboxylic acids is 1. The van der Waals surface area contributed by atoms with E-state index in [-0.39, 0.29) is 11.7 Å². The first-order valence-corrected chi connectivity index (χ1v) is 7.58. The number of nitrogens with zero attached hydrogens (tertiary/aromatic N) is 1. The first-order valence-electron chi connectivity index (χ1n) is 7.58. The van der Waals surface area contributed by atoms with Crippen LogP contribution in [0.2, 0.25) is 0 Å². The summed E-state index contributed by atoms with van der Waals surface area (Å²) in [6.45, 7) is 12.7. The highest BCUT2D eigenvalue weighted by Crippen LogP contribution is 2.11. The molecule has 0 heterocycles. The number of rotatable bonds is 8. The van der Waals surface area contributed by atoms with Crippen LogP contribution < -0.4 is 5.32 Å². The number of benzene rings is 1. The lowest BCUT2D eigenvalue weighted by atomic mass is 10.0. The van der Waals surface area contributed by atoms with Crippen molar-refractivity contribution in [3.8, 4) is 0 Å². The van der Waals surface area contributed by atoms with E-state index >= 15 is 0 Å². The first-order chi connectivity index (χ1) is 9.99. The summed E-state index contributed by atoms with van der Waals surface area (Å²) in [6, 6.07) is 9.86. The fourth-order valence-electron chi connectivity index (χ4n) is 1.99. The summed E-state index contributed by atoms with van der Waals surface area (Å²) in [5.41, 5.74) is 0.906. The minimum Gasteiger partial charge on any atom is -0.302 e. The second kappa shape index (κ2) is 10.3. The van der Waals surface area contributed by atoms with Gasteiger partial charge in [-0.1, -0.05) is 50.3 Å². The maximum Gasteiger partial charge on any atom is 0.137 e. The van der Waals surface area contributed by atoms with Crippen molar-refractivity contribution >= 4 is 6.29 Å². The van der Waals surface area contributed by atoms with Gasteiger partial charge in [-0.25, -0.2) is 0 Å². The molecule has 0 fully saturated rings. The lowest BCUT2D eigenvalue weighted by Gasteiger charge is -2.38. The van der Waals surface area contributed by atoms with Crippen molar-refractivity contribution in [2.75, 3.05) is 13.6 Å². The molecule has 0 spiro atoms. The van der Waals surface area contributed by atoms with Gasteiger partial charge in [0, 0.05) is 6.54 Å². The predicted octanol–water partition coefficient (Wildman–Crippen LogP) is 3.27. The normalized spacial score (nSPS) is 12.3. The van der Waals surface area contributed by atoms with E-state index in [1.165, 1.54) is 0 Å². The van der Waals surface area contributed by atoms with E-state index in [1.807, 2.05) is 57.3 Å². The topological polar surface area (TPSA) is 32.3 Å². The van der Waals surface area contributed by atoms with Gasteiger partial charge in [-0.15, -0.1) is 6.58 Å². The summed E-state index contributed by atoms with van der Waals surface area (Å²) in [4.78, 5) is 13.4. The van der Waals surface area contributed by atoms with Gasteiger partial charge in [0.25, 0.3) is 0 Å². The molecule has 3 heteroatoms. The van der Waals surface area contributed by atoms with Crippen molar-refractivity contribution in [3.05, 3.63) is 48.6 Å². The van der Waals surface area contributed by atoms with E-state index in [4.69, 9.17) is 0 Å². The number of aldehydes is 1. The summed E-state index contributed by atoms with van der Waals surface area (Å²) in [5.74, 6) is 0. The standard InChI is InChI=1S/C16H24N2O.C2H6/c1-5-11-18(4)16(2,3)17-15(13-19)12-14-9-7-6-8-10-14;1-2/h5-10,13,15,17H,1,11-12H2,2-4H3;1-2H3. The molecule has 0 aliphatic carbocycles. The highest BCUT2D eigenvalue weighted by atomic mass is 16.1. The van der Waals surface area contributed by atoms with Crippen LogP contribution in [0.5, 0.6) is 0 Å². The van der Waals surface area contributed by atoms with Gasteiger partial charge in [0.1, 0.15) is 6.29 Å². The molecule has 0 saturated heterocycles. The molecule has 0 aromatic heterocycles.